The third-order valence-corrected chi connectivity index (χ3v) is 30.4. The third-order valence-electron chi connectivity index (χ3n) is 22.1. The molecule has 12 N–H and O–H groups in total. The lowest BCUT2D eigenvalue weighted by atomic mass is 9.95. The van der Waals surface area contributed by atoms with Crippen LogP contribution in [0.2, 0.25) is 0 Å². The fourth-order valence-corrected chi connectivity index (χ4v) is 23.1. The number of carbonyl (C=O) groups excluding carboxylic acids is 12. The summed E-state index contributed by atoms with van der Waals surface area (Å²) in [5, 5.41) is 52.1. The van der Waals surface area contributed by atoms with E-state index in [4.69, 9.17) is 5.26 Å². The van der Waals surface area contributed by atoms with E-state index in [1.807, 2.05) is 97.7 Å². The van der Waals surface area contributed by atoms with E-state index in [2.05, 4.69) is 63.8 Å². The number of aryl methyl sites for hydroxylation is 8. The van der Waals surface area contributed by atoms with Crippen molar-refractivity contribution in [3.8, 4) is 6.07 Å². The standard InChI is InChI=1S/4C24H25N3O3S2.C2H3N/c4*1-14-9-11-15(12-10-14)20(28)21(26-22(29)18-8-5-13-31-18)27-24-19(23(30)25-2)16-6-3-4-7-17(16)32-24;1-2-3/h4*5,8-13,21,27H,3-4,6-7H2,1-2H3,(H,25,30)(H,26,29);1H3. The van der Waals surface area contributed by atoms with Gasteiger partial charge in [0.05, 0.1) is 47.8 Å². The highest BCUT2D eigenvalue weighted by Crippen LogP contribution is 2.43. The lowest BCUT2D eigenvalue weighted by molar-refractivity contribution is 0.0871. The van der Waals surface area contributed by atoms with Gasteiger partial charge in [0.15, 0.2) is 24.7 Å². The number of nitrogens with zero attached hydrogens (tertiary/aromatic N) is 1. The first-order valence-electron chi connectivity index (χ1n) is 43.0. The maximum absolute atomic E-state index is 13.4. The molecule has 12 aromatic rings. The number of ketones is 4. The molecule has 0 fully saturated rings. The normalized spacial score (nSPS) is 13.4. The average Bonchev–Trinajstić information content (AvgIpc) is 1.65. The number of amides is 8. The van der Waals surface area contributed by atoms with Crippen LogP contribution in [0, 0.1) is 39.0 Å². The lowest BCUT2D eigenvalue weighted by Crippen LogP contribution is -2.46. The Hall–Kier alpha value is -12.4. The molecular formula is C98H103N13O12S8. The molecule has 8 heterocycles. The Morgan fingerprint density at radius 3 is 0.634 bits per heavy atom. The summed E-state index contributed by atoms with van der Waals surface area (Å²) in [5.74, 6) is -3.10. The summed E-state index contributed by atoms with van der Waals surface area (Å²) in [4.78, 5) is 162. The van der Waals surface area contributed by atoms with Gasteiger partial charge < -0.3 is 63.8 Å². The Labute approximate surface area is 792 Å². The molecule has 33 heteroatoms. The van der Waals surface area contributed by atoms with Gasteiger partial charge in [0, 0.05) is 76.9 Å². The average molecular weight is 1910 g/mol. The Kier molecular flexibility index (Phi) is 35.0. The molecule has 131 heavy (non-hydrogen) atoms. The van der Waals surface area contributed by atoms with Crippen molar-refractivity contribution in [3.63, 3.8) is 0 Å². The molecule has 4 atom stereocenters. The molecule has 680 valence electrons. The van der Waals surface area contributed by atoms with Gasteiger partial charge in [-0.2, -0.15) is 5.26 Å². The molecule has 25 nitrogen and oxygen atoms in total. The topological polar surface area (TPSA) is 373 Å². The first kappa shape index (κ1) is 97.7. The van der Waals surface area contributed by atoms with Crippen molar-refractivity contribution in [3.05, 3.63) is 295 Å². The molecule has 4 aliphatic carbocycles. The van der Waals surface area contributed by atoms with Gasteiger partial charge in [-0.15, -0.1) is 90.7 Å². The van der Waals surface area contributed by atoms with Gasteiger partial charge in [0.25, 0.3) is 47.3 Å². The second-order valence-electron chi connectivity index (χ2n) is 31.2. The highest BCUT2D eigenvalue weighted by atomic mass is 32.1. The number of hydrogen-bond donors (Lipinski definition) is 12. The molecule has 4 aliphatic rings. The van der Waals surface area contributed by atoms with E-state index in [1.54, 1.807) is 131 Å². The minimum Gasteiger partial charge on any atom is -0.355 e. The lowest BCUT2D eigenvalue weighted by Gasteiger charge is -2.20. The van der Waals surface area contributed by atoms with E-state index in [0.717, 1.165) is 147 Å². The molecule has 0 spiro atoms. The quantitative estimate of drug-likeness (QED) is 0.0160. The van der Waals surface area contributed by atoms with Gasteiger partial charge in [0.1, 0.15) is 20.0 Å². The van der Waals surface area contributed by atoms with E-state index in [9.17, 15) is 57.5 Å². The van der Waals surface area contributed by atoms with Gasteiger partial charge in [0.2, 0.25) is 23.1 Å². The van der Waals surface area contributed by atoms with E-state index in [1.165, 1.54) is 117 Å². The van der Waals surface area contributed by atoms with Crippen molar-refractivity contribution < 1.29 is 57.5 Å². The predicted octanol–water partition coefficient (Wildman–Crippen LogP) is 18.2. The van der Waals surface area contributed by atoms with Crippen LogP contribution < -0.4 is 63.8 Å². The molecule has 8 aromatic heterocycles. The Bertz CT molecular complexity index is 5380. The van der Waals surface area contributed by atoms with E-state index in [0.29, 0.717) is 84.0 Å². The van der Waals surface area contributed by atoms with Crippen molar-refractivity contribution in [2.24, 2.45) is 0 Å². The number of anilines is 4. The number of benzene rings is 4. The zero-order valence-corrected chi connectivity index (χ0v) is 80.4. The van der Waals surface area contributed by atoms with Crippen LogP contribution in [-0.4, -0.2) is 123 Å². The first-order valence-corrected chi connectivity index (χ1v) is 49.7. The van der Waals surface area contributed by atoms with Crippen molar-refractivity contribution in [1.29, 1.82) is 5.26 Å². The summed E-state index contributed by atoms with van der Waals surface area (Å²) < 4.78 is 0. The van der Waals surface area contributed by atoms with Crippen LogP contribution in [0.1, 0.15) is 244 Å². The molecule has 16 rings (SSSR count). The van der Waals surface area contributed by atoms with Crippen LogP contribution in [0.15, 0.2) is 167 Å². The van der Waals surface area contributed by atoms with E-state index >= 15 is 0 Å². The summed E-state index contributed by atoms with van der Waals surface area (Å²) in [6.07, 6.45) is 11.5. The molecule has 0 saturated carbocycles. The summed E-state index contributed by atoms with van der Waals surface area (Å²) in [6, 6.07) is 44.7. The van der Waals surface area contributed by atoms with Gasteiger partial charge >= 0.3 is 0 Å². The number of nitriles is 1. The molecule has 4 unspecified atom stereocenters. The second kappa shape index (κ2) is 46.9. The summed E-state index contributed by atoms with van der Waals surface area (Å²) >= 11 is 11.2. The van der Waals surface area contributed by atoms with Crippen molar-refractivity contribution in [2.45, 2.75) is 162 Å². The van der Waals surface area contributed by atoms with Gasteiger partial charge in [-0.1, -0.05) is 144 Å². The summed E-state index contributed by atoms with van der Waals surface area (Å²) in [5.41, 5.74) is 12.7. The van der Waals surface area contributed by atoms with Crippen LogP contribution in [0.25, 0.3) is 0 Å². The summed E-state index contributed by atoms with van der Waals surface area (Å²) in [7, 11) is 6.41. The van der Waals surface area contributed by atoms with Crippen LogP contribution in [-0.2, 0) is 51.4 Å². The molecule has 4 aromatic carbocycles. The maximum atomic E-state index is 13.4. The third kappa shape index (κ3) is 24.8. The minimum absolute atomic E-state index is 0.182. The van der Waals surface area contributed by atoms with Gasteiger partial charge in [-0.05, 0) is 198 Å². The van der Waals surface area contributed by atoms with Crippen LogP contribution in [0.4, 0.5) is 20.0 Å². The zero-order chi connectivity index (χ0) is 93.4. The van der Waals surface area contributed by atoms with Gasteiger partial charge in [-0.3, -0.25) is 57.5 Å². The summed E-state index contributed by atoms with van der Waals surface area (Å²) in [6.45, 7) is 9.24. The molecule has 0 aliphatic heterocycles. The molecule has 0 bridgehead atoms. The van der Waals surface area contributed by atoms with Crippen LogP contribution in [0.5, 0.6) is 0 Å². The largest absolute Gasteiger partial charge is 0.355 e. The number of fused-ring (bicyclic) bond motifs is 4. The van der Waals surface area contributed by atoms with E-state index < -0.39 is 24.7 Å². The highest BCUT2D eigenvalue weighted by molar-refractivity contribution is 7.18. The Morgan fingerprint density at radius 2 is 0.466 bits per heavy atom. The Morgan fingerprint density at radius 1 is 0.282 bits per heavy atom. The fourth-order valence-electron chi connectivity index (χ4n) is 15.3. The predicted molar refractivity (Wildman–Crippen MR) is 528 cm³/mol. The monoisotopic (exact) mass is 1910 g/mol. The van der Waals surface area contributed by atoms with E-state index in [-0.39, 0.29) is 70.4 Å². The molecule has 0 saturated heterocycles. The van der Waals surface area contributed by atoms with Crippen molar-refractivity contribution >= 4 is 181 Å². The highest BCUT2D eigenvalue weighted by Gasteiger charge is 2.36. The number of Topliss-reactive ketones (excluding diaryl/α,β-unsaturated/α-hetero) is 4. The number of rotatable bonds is 28. The number of carbonyl (C=O) groups is 12. The molecular weight excluding hydrogens is 1810 g/mol. The zero-order valence-electron chi connectivity index (χ0n) is 73.9. The van der Waals surface area contributed by atoms with Crippen molar-refractivity contribution in [1.82, 2.24) is 42.5 Å². The number of thiophene rings is 8. The molecule has 0 radical (unpaired) electrons. The second-order valence-corrected chi connectivity index (χ2v) is 39.4. The van der Waals surface area contributed by atoms with Crippen LogP contribution >= 0.6 is 90.7 Å². The number of nitrogens with one attached hydrogen (secondary N) is 12. The first-order chi connectivity index (χ1) is 63.3. The smallest absolute Gasteiger partial charge is 0.263 e. The van der Waals surface area contributed by atoms with Crippen LogP contribution in [0.3, 0.4) is 0 Å². The van der Waals surface area contributed by atoms with Gasteiger partial charge in [-0.25, -0.2) is 0 Å². The Balaban J connectivity index is 0.000000156. The van der Waals surface area contributed by atoms with Crippen molar-refractivity contribution in [2.75, 3.05) is 49.5 Å². The minimum atomic E-state index is -1.00. The molecule has 8 amide bonds. The number of hydrogen-bond acceptors (Lipinski definition) is 25. The maximum Gasteiger partial charge on any atom is 0.263 e. The fraction of sp³-hybridized carbons (Fsp3) is 0.296. The SMILES string of the molecule is CC#N.CNC(=O)c1c(NC(NC(=O)c2cccs2)C(=O)c2ccc(C)cc2)sc2c1CCCC2.CNC(=O)c1c(NC(NC(=O)c2cccs2)C(=O)c2ccc(C)cc2)sc2c1CCCC2.CNC(=O)c1c(NC(NC(=O)c2cccs2)C(=O)c2ccc(C)cc2)sc2c1CCCC2.CNC(=O)c1c(NC(NC(=O)c2cccs2)C(=O)c2ccc(C)cc2)sc2c1CCCC2.